The van der Waals surface area contributed by atoms with Gasteiger partial charge >= 0.3 is 6.09 Å². The first-order chi connectivity index (χ1) is 12.0. The second-order valence-corrected chi connectivity index (χ2v) is 6.75. The van der Waals surface area contributed by atoms with Crippen molar-refractivity contribution < 1.29 is 23.5 Å². The number of halogens is 1. The zero-order valence-corrected chi connectivity index (χ0v) is 13.7. The highest BCUT2D eigenvalue weighted by Gasteiger charge is 2.40. The maximum atomic E-state index is 14.6. The molecule has 7 nitrogen and oxygen atoms in total. The van der Waals surface area contributed by atoms with Crippen LogP contribution in [0.15, 0.2) is 18.2 Å². The Morgan fingerprint density at radius 3 is 2.84 bits per heavy atom. The van der Waals surface area contributed by atoms with Crippen LogP contribution >= 0.6 is 0 Å². The highest BCUT2D eigenvalue weighted by molar-refractivity contribution is 5.90. The Labute approximate surface area is 144 Å². The van der Waals surface area contributed by atoms with Gasteiger partial charge in [0, 0.05) is 13.0 Å². The number of ether oxygens (including phenoxy) is 2. The summed E-state index contributed by atoms with van der Waals surface area (Å²) < 4.78 is 25.4. The van der Waals surface area contributed by atoms with E-state index in [9.17, 15) is 14.0 Å². The lowest BCUT2D eigenvalue weighted by Gasteiger charge is -2.29. The van der Waals surface area contributed by atoms with Gasteiger partial charge in [-0.25, -0.2) is 9.18 Å². The van der Waals surface area contributed by atoms with Crippen molar-refractivity contribution in [1.82, 2.24) is 0 Å². The van der Waals surface area contributed by atoms with E-state index in [1.54, 1.807) is 12.1 Å². The molecule has 1 unspecified atom stereocenters. The summed E-state index contributed by atoms with van der Waals surface area (Å²) in [6.45, 7) is 1.61. The molecule has 0 aliphatic carbocycles. The maximum absolute atomic E-state index is 14.6. The van der Waals surface area contributed by atoms with E-state index in [1.165, 1.54) is 11.0 Å². The van der Waals surface area contributed by atoms with Crippen LogP contribution in [0.1, 0.15) is 19.3 Å². The van der Waals surface area contributed by atoms with Crippen LogP contribution in [0.25, 0.3) is 0 Å². The zero-order chi connectivity index (χ0) is 17.6. The first kappa shape index (κ1) is 16.1. The van der Waals surface area contributed by atoms with Crippen molar-refractivity contribution in [3.63, 3.8) is 0 Å². The van der Waals surface area contributed by atoms with Crippen molar-refractivity contribution >= 4 is 23.4 Å². The van der Waals surface area contributed by atoms with Gasteiger partial charge in [-0.2, -0.15) is 0 Å². The molecule has 134 valence electrons. The SMILES string of the molecule is NC(=O)CCC1CN(c2ccc(N3C[C@@H]4C[C@H]3CO4)c(F)c2)C(=O)O1. The van der Waals surface area contributed by atoms with Crippen LogP contribution in [-0.2, 0) is 14.3 Å². The molecule has 3 aliphatic rings. The molecule has 8 heteroatoms. The number of benzene rings is 1. The first-order valence-corrected chi connectivity index (χ1v) is 8.45. The standard InChI is InChI=1S/C17H20FN3O4/c18-14-6-10(21-7-12(25-17(21)23)2-4-16(19)22)1-3-15(14)20-8-13-5-11(20)9-24-13/h1,3,6,11-13H,2,4-5,7-9H2,(H2,19,22)/t11-,12?,13-/m0/s1. The molecule has 3 heterocycles. The summed E-state index contributed by atoms with van der Waals surface area (Å²) in [6.07, 6.45) is 0.697. The Morgan fingerprint density at radius 2 is 2.20 bits per heavy atom. The third kappa shape index (κ3) is 3.02. The minimum atomic E-state index is -0.532. The van der Waals surface area contributed by atoms with Crippen LogP contribution in [0, 0.1) is 5.82 Å². The Bertz CT molecular complexity index is 713. The maximum Gasteiger partial charge on any atom is 0.414 e. The summed E-state index contributed by atoms with van der Waals surface area (Å²) in [5.41, 5.74) is 6.11. The number of anilines is 2. The molecule has 3 aliphatic heterocycles. The molecule has 1 aromatic rings. The Hall–Kier alpha value is -2.35. The number of carbonyl (C=O) groups excluding carboxylic acids is 2. The number of carbonyl (C=O) groups is 2. The third-order valence-electron chi connectivity index (χ3n) is 5.04. The van der Waals surface area contributed by atoms with Crippen LogP contribution in [0.3, 0.4) is 0 Å². The summed E-state index contributed by atoms with van der Waals surface area (Å²) in [6, 6.07) is 5.01. The van der Waals surface area contributed by atoms with E-state index in [0.29, 0.717) is 30.9 Å². The minimum Gasteiger partial charge on any atom is -0.444 e. The average molecular weight is 349 g/mol. The molecule has 3 atom stereocenters. The number of primary amides is 1. The van der Waals surface area contributed by atoms with Crippen LogP contribution < -0.4 is 15.5 Å². The van der Waals surface area contributed by atoms with E-state index in [4.69, 9.17) is 15.2 Å². The van der Waals surface area contributed by atoms with Crippen LogP contribution in [0.2, 0.25) is 0 Å². The van der Waals surface area contributed by atoms with Crippen molar-refractivity contribution in [3.05, 3.63) is 24.0 Å². The van der Waals surface area contributed by atoms with Crippen LogP contribution in [-0.4, -0.2) is 49.9 Å². The predicted octanol–water partition coefficient (Wildman–Crippen LogP) is 1.39. The quantitative estimate of drug-likeness (QED) is 0.868. The molecule has 0 saturated carbocycles. The smallest absolute Gasteiger partial charge is 0.414 e. The second kappa shape index (κ2) is 6.18. The van der Waals surface area contributed by atoms with E-state index in [1.807, 2.05) is 4.90 Å². The fourth-order valence-electron chi connectivity index (χ4n) is 3.78. The van der Waals surface area contributed by atoms with E-state index in [-0.39, 0.29) is 30.9 Å². The fourth-order valence-corrected chi connectivity index (χ4v) is 3.78. The molecular weight excluding hydrogens is 329 g/mol. The average Bonchev–Trinajstić information content (AvgIpc) is 3.28. The molecule has 0 radical (unpaired) electrons. The Kier molecular flexibility index (Phi) is 3.99. The molecule has 3 fully saturated rings. The minimum absolute atomic E-state index is 0.151. The third-order valence-corrected chi connectivity index (χ3v) is 5.04. The molecule has 2 bridgehead atoms. The monoisotopic (exact) mass is 349 g/mol. The zero-order valence-electron chi connectivity index (χ0n) is 13.7. The summed E-state index contributed by atoms with van der Waals surface area (Å²) in [5, 5.41) is 0. The van der Waals surface area contributed by atoms with Gasteiger partial charge in [0.25, 0.3) is 0 Å². The second-order valence-electron chi connectivity index (χ2n) is 6.75. The van der Waals surface area contributed by atoms with Gasteiger partial charge in [0.05, 0.1) is 36.7 Å². The van der Waals surface area contributed by atoms with Gasteiger partial charge in [-0.05, 0) is 31.0 Å². The van der Waals surface area contributed by atoms with Crippen molar-refractivity contribution in [3.8, 4) is 0 Å². The molecular formula is C17H20FN3O4. The van der Waals surface area contributed by atoms with Crippen molar-refractivity contribution in [2.24, 2.45) is 5.73 Å². The van der Waals surface area contributed by atoms with E-state index in [0.717, 1.165) is 6.42 Å². The summed E-state index contributed by atoms with van der Waals surface area (Å²) >= 11 is 0. The molecule has 1 aromatic carbocycles. The summed E-state index contributed by atoms with van der Waals surface area (Å²) in [7, 11) is 0. The molecule has 2 N–H and O–H groups in total. The lowest BCUT2D eigenvalue weighted by Crippen LogP contribution is -2.37. The molecule has 25 heavy (non-hydrogen) atoms. The Morgan fingerprint density at radius 1 is 1.36 bits per heavy atom. The Balaban J connectivity index is 1.47. The molecule has 0 spiro atoms. The first-order valence-electron chi connectivity index (χ1n) is 8.45. The van der Waals surface area contributed by atoms with Gasteiger partial charge < -0.3 is 20.1 Å². The van der Waals surface area contributed by atoms with Crippen LogP contribution in [0.4, 0.5) is 20.6 Å². The number of cyclic esters (lactones) is 1. The highest BCUT2D eigenvalue weighted by Crippen LogP contribution is 2.35. The number of nitrogens with zero attached hydrogens (tertiary/aromatic N) is 2. The fraction of sp³-hybridized carbons (Fsp3) is 0.529. The van der Waals surface area contributed by atoms with Gasteiger partial charge in [0.1, 0.15) is 11.9 Å². The largest absolute Gasteiger partial charge is 0.444 e. The number of hydrogen-bond acceptors (Lipinski definition) is 5. The molecule has 2 amide bonds. The predicted molar refractivity (Wildman–Crippen MR) is 87.9 cm³/mol. The van der Waals surface area contributed by atoms with E-state index >= 15 is 0 Å². The van der Waals surface area contributed by atoms with Gasteiger partial charge in [-0.3, -0.25) is 9.69 Å². The summed E-state index contributed by atoms with van der Waals surface area (Å²) in [5.74, 6) is -0.799. The number of morpholine rings is 1. The highest BCUT2D eigenvalue weighted by atomic mass is 19.1. The normalized spacial score (nSPS) is 27.9. The molecule has 4 rings (SSSR count). The lowest BCUT2D eigenvalue weighted by molar-refractivity contribution is -0.118. The van der Waals surface area contributed by atoms with Crippen molar-refractivity contribution in [2.45, 2.75) is 37.5 Å². The molecule has 3 saturated heterocycles. The van der Waals surface area contributed by atoms with E-state index in [2.05, 4.69) is 0 Å². The molecule has 0 aromatic heterocycles. The van der Waals surface area contributed by atoms with Gasteiger partial charge in [-0.1, -0.05) is 0 Å². The topological polar surface area (TPSA) is 85.1 Å². The number of rotatable bonds is 5. The number of amides is 2. The van der Waals surface area contributed by atoms with Crippen LogP contribution in [0.5, 0.6) is 0 Å². The van der Waals surface area contributed by atoms with Gasteiger partial charge in [0.15, 0.2) is 0 Å². The van der Waals surface area contributed by atoms with Crippen molar-refractivity contribution in [1.29, 1.82) is 0 Å². The van der Waals surface area contributed by atoms with Gasteiger partial charge in [-0.15, -0.1) is 0 Å². The van der Waals surface area contributed by atoms with Gasteiger partial charge in [0.2, 0.25) is 5.91 Å². The number of fused-ring (bicyclic) bond motifs is 2. The summed E-state index contributed by atoms with van der Waals surface area (Å²) in [4.78, 5) is 26.3. The lowest BCUT2D eigenvalue weighted by atomic mass is 10.1. The number of nitrogens with two attached hydrogens (primary N) is 1. The van der Waals surface area contributed by atoms with Crippen molar-refractivity contribution in [2.75, 3.05) is 29.5 Å². The number of hydrogen-bond donors (Lipinski definition) is 1. The van der Waals surface area contributed by atoms with E-state index < -0.39 is 18.1 Å².